The van der Waals surface area contributed by atoms with Gasteiger partial charge >= 0.3 is 0 Å². The predicted molar refractivity (Wildman–Crippen MR) is 127 cm³/mol. The van der Waals surface area contributed by atoms with Crippen molar-refractivity contribution < 1.29 is 19.1 Å². The molecule has 2 aliphatic heterocycles. The molecular weight excluding hydrogens is 404 g/mol. The van der Waals surface area contributed by atoms with Crippen LogP contribution < -0.4 is 9.47 Å². The monoisotopic (exact) mass is 442 g/mol. The van der Waals surface area contributed by atoms with Crippen LogP contribution in [0.1, 0.15) is 70.8 Å². The standard InChI is InChI=1S/C26H38N2O4/c1-5-6-7-8-9-10-15-28-25(29)23(20-11-12-21(31-3)22(18-20)32-4)24(26(28)30)27-16-13-19(2)14-17-27/h11-12,18-19H,5-10,13-17H2,1-4H3. The Hall–Kier alpha value is -2.50. The van der Waals surface area contributed by atoms with Crippen molar-refractivity contribution in [3.63, 3.8) is 0 Å². The number of ether oxygens (including phenoxy) is 2. The van der Waals surface area contributed by atoms with E-state index < -0.39 is 0 Å². The quantitative estimate of drug-likeness (QED) is 0.361. The lowest BCUT2D eigenvalue weighted by Crippen LogP contribution is -2.38. The summed E-state index contributed by atoms with van der Waals surface area (Å²) in [4.78, 5) is 30.6. The Morgan fingerprint density at radius 1 is 0.906 bits per heavy atom. The van der Waals surface area contributed by atoms with Crippen molar-refractivity contribution in [3.8, 4) is 11.5 Å². The highest BCUT2D eigenvalue weighted by atomic mass is 16.5. The first-order valence-electron chi connectivity index (χ1n) is 12.1. The Balaban J connectivity index is 1.86. The maximum atomic E-state index is 13.5. The highest BCUT2D eigenvalue weighted by Crippen LogP contribution is 2.37. The molecule has 0 atom stereocenters. The smallest absolute Gasteiger partial charge is 0.277 e. The zero-order valence-electron chi connectivity index (χ0n) is 20.1. The fourth-order valence-electron chi connectivity index (χ4n) is 4.59. The van der Waals surface area contributed by atoms with Gasteiger partial charge < -0.3 is 14.4 Å². The predicted octanol–water partition coefficient (Wildman–Crippen LogP) is 4.88. The number of hydrogen-bond donors (Lipinski definition) is 0. The maximum absolute atomic E-state index is 13.5. The molecule has 0 bridgehead atoms. The topological polar surface area (TPSA) is 59.1 Å². The molecule has 0 unspecified atom stereocenters. The van der Waals surface area contributed by atoms with Crippen LogP contribution in [0.5, 0.6) is 11.5 Å². The molecule has 176 valence electrons. The van der Waals surface area contributed by atoms with Gasteiger partial charge in [0, 0.05) is 19.6 Å². The van der Waals surface area contributed by atoms with Gasteiger partial charge in [-0.15, -0.1) is 0 Å². The minimum Gasteiger partial charge on any atom is -0.493 e. The molecule has 32 heavy (non-hydrogen) atoms. The number of hydrogen-bond acceptors (Lipinski definition) is 5. The van der Waals surface area contributed by atoms with Crippen molar-refractivity contribution in [2.75, 3.05) is 33.9 Å². The van der Waals surface area contributed by atoms with Crippen molar-refractivity contribution in [3.05, 3.63) is 29.5 Å². The van der Waals surface area contributed by atoms with Crippen LogP contribution >= 0.6 is 0 Å². The lowest BCUT2D eigenvalue weighted by atomic mass is 9.97. The highest BCUT2D eigenvalue weighted by molar-refractivity contribution is 6.35. The Morgan fingerprint density at radius 3 is 2.22 bits per heavy atom. The summed E-state index contributed by atoms with van der Waals surface area (Å²) < 4.78 is 10.8. The van der Waals surface area contributed by atoms with E-state index in [-0.39, 0.29) is 11.8 Å². The number of likely N-dealkylation sites (tertiary alicyclic amines) is 1. The van der Waals surface area contributed by atoms with Gasteiger partial charge in [-0.25, -0.2) is 0 Å². The summed E-state index contributed by atoms with van der Waals surface area (Å²) in [7, 11) is 3.17. The number of imide groups is 1. The van der Waals surface area contributed by atoms with Crippen LogP contribution in [0.3, 0.4) is 0 Å². The molecule has 0 aromatic heterocycles. The summed E-state index contributed by atoms with van der Waals surface area (Å²) in [6, 6.07) is 5.45. The average Bonchev–Trinajstić information content (AvgIpc) is 3.06. The van der Waals surface area contributed by atoms with Crippen molar-refractivity contribution in [1.29, 1.82) is 0 Å². The third-order valence-corrected chi connectivity index (χ3v) is 6.65. The van der Waals surface area contributed by atoms with Crippen molar-refractivity contribution in [2.45, 2.75) is 65.2 Å². The third-order valence-electron chi connectivity index (χ3n) is 6.65. The van der Waals surface area contributed by atoms with Gasteiger partial charge in [0.05, 0.1) is 19.8 Å². The van der Waals surface area contributed by atoms with Gasteiger partial charge in [-0.2, -0.15) is 0 Å². The van der Waals surface area contributed by atoms with E-state index in [1.54, 1.807) is 26.4 Å². The van der Waals surface area contributed by atoms with Gasteiger partial charge in [-0.1, -0.05) is 52.0 Å². The molecule has 6 nitrogen and oxygen atoms in total. The Labute approximate surface area is 192 Å². The molecule has 0 aliphatic carbocycles. The molecule has 1 fully saturated rings. The SMILES string of the molecule is CCCCCCCCN1C(=O)C(c2ccc(OC)c(OC)c2)=C(N2CCC(C)CC2)C1=O. The van der Waals surface area contributed by atoms with E-state index in [1.165, 1.54) is 24.2 Å². The van der Waals surface area contributed by atoms with Crippen molar-refractivity contribution in [2.24, 2.45) is 5.92 Å². The molecule has 6 heteroatoms. The largest absolute Gasteiger partial charge is 0.493 e. The molecule has 1 saturated heterocycles. The number of rotatable bonds is 11. The molecule has 0 radical (unpaired) electrons. The molecular formula is C26H38N2O4. The highest BCUT2D eigenvalue weighted by Gasteiger charge is 2.42. The van der Waals surface area contributed by atoms with Crippen molar-refractivity contribution >= 4 is 17.4 Å². The summed E-state index contributed by atoms with van der Waals surface area (Å²) in [6.45, 7) is 6.53. The van der Waals surface area contributed by atoms with Gasteiger partial charge in [-0.3, -0.25) is 14.5 Å². The van der Waals surface area contributed by atoms with E-state index in [4.69, 9.17) is 9.47 Å². The van der Waals surface area contributed by atoms with Crippen LogP contribution in [-0.2, 0) is 9.59 Å². The van der Waals surface area contributed by atoms with Gasteiger partial charge in [0.2, 0.25) is 0 Å². The molecule has 1 aromatic carbocycles. The molecule has 0 N–H and O–H groups in total. The molecule has 2 heterocycles. The summed E-state index contributed by atoms with van der Waals surface area (Å²) in [5, 5.41) is 0. The van der Waals surface area contributed by atoms with Gasteiger partial charge in [-0.05, 0) is 42.9 Å². The van der Waals surface area contributed by atoms with Crippen LogP contribution in [-0.4, -0.2) is 55.5 Å². The minimum absolute atomic E-state index is 0.150. The van der Waals surface area contributed by atoms with Crippen LogP contribution in [0.15, 0.2) is 23.9 Å². The number of unbranched alkanes of at least 4 members (excludes halogenated alkanes) is 5. The number of amides is 2. The van der Waals surface area contributed by atoms with Crippen LogP contribution in [0.2, 0.25) is 0 Å². The van der Waals surface area contributed by atoms with Gasteiger partial charge in [0.1, 0.15) is 5.70 Å². The molecule has 2 amide bonds. The summed E-state index contributed by atoms with van der Waals surface area (Å²) in [6.07, 6.45) is 8.76. The van der Waals surface area contributed by atoms with Gasteiger partial charge in [0.25, 0.3) is 11.8 Å². The number of carbonyl (C=O) groups excluding carboxylic acids is 2. The average molecular weight is 443 g/mol. The van der Waals surface area contributed by atoms with E-state index in [0.717, 1.165) is 45.2 Å². The van der Waals surface area contributed by atoms with E-state index in [2.05, 4.69) is 18.7 Å². The summed E-state index contributed by atoms with van der Waals surface area (Å²) in [5.41, 5.74) is 1.76. The normalized spacial score (nSPS) is 17.5. The number of carbonyl (C=O) groups is 2. The first kappa shape index (κ1) is 24.1. The maximum Gasteiger partial charge on any atom is 0.277 e. The van der Waals surface area contributed by atoms with Gasteiger partial charge in [0.15, 0.2) is 11.5 Å². The fraction of sp³-hybridized carbons (Fsp3) is 0.615. The summed E-state index contributed by atoms with van der Waals surface area (Å²) in [5.74, 6) is 1.46. The molecule has 1 aromatic rings. The first-order chi connectivity index (χ1) is 15.5. The third kappa shape index (κ3) is 5.28. The van der Waals surface area contributed by atoms with E-state index in [0.29, 0.717) is 40.8 Å². The second kappa shape index (κ2) is 11.4. The molecule has 0 saturated carbocycles. The fourth-order valence-corrected chi connectivity index (χ4v) is 4.59. The zero-order valence-corrected chi connectivity index (χ0v) is 20.1. The van der Waals surface area contributed by atoms with Crippen LogP contribution in [0.4, 0.5) is 0 Å². The number of benzene rings is 1. The minimum atomic E-state index is -0.190. The second-order valence-corrected chi connectivity index (χ2v) is 8.99. The number of methoxy groups -OCH3 is 2. The lowest BCUT2D eigenvalue weighted by Gasteiger charge is -2.32. The zero-order chi connectivity index (χ0) is 23.1. The van der Waals surface area contributed by atoms with E-state index in [1.807, 2.05) is 6.07 Å². The second-order valence-electron chi connectivity index (χ2n) is 8.99. The molecule has 3 rings (SSSR count). The van der Waals surface area contributed by atoms with E-state index in [9.17, 15) is 9.59 Å². The Morgan fingerprint density at radius 2 is 1.56 bits per heavy atom. The van der Waals surface area contributed by atoms with Crippen molar-refractivity contribution in [1.82, 2.24) is 9.80 Å². The molecule has 0 spiro atoms. The Kier molecular flexibility index (Phi) is 8.60. The van der Waals surface area contributed by atoms with Crippen LogP contribution in [0, 0.1) is 5.92 Å². The Bertz CT molecular complexity index is 840. The number of nitrogens with zero attached hydrogens (tertiary/aromatic N) is 2. The number of piperidine rings is 1. The summed E-state index contributed by atoms with van der Waals surface area (Å²) >= 11 is 0. The van der Waals surface area contributed by atoms with Crippen LogP contribution in [0.25, 0.3) is 5.57 Å². The lowest BCUT2D eigenvalue weighted by molar-refractivity contribution is -0.137. The molecule has 2 aliphatic rings. The van der Waals surface area contributed by atoms with E-state index >= 15 is 0 Å². The first-order valence-corrected chi connectivity index (χ1v) is 12.1.